The van der Waals surface area contributed by atoms with Crippen molar-refractivity contribution in [2.45, 2.75) is 13.2 Å². The van der Waals surface area contributed by atoms with Crippen LogP contribution in [0.4, 0.5) is 0 Å². The molecule has 4 nitrogen and oxygen atoms in total. The topological polar surface area (TPSA) is 51.2 Å². The van der Waals surface area contributed by atoms with Crippen molar-refractivity contribution in [1.29, 1.82) is 0 Å². The predicted molar refractivity (Wildman–Crippen MR) is 46.0 cm³/mol. The molecule has 0 fully saturated rings. The predicted octanol–water partition coefficient (Wildman–Crippen LogP) is 1.02. The molecule has 0 bridgehead atoms. The summed E-state index contributed by atoms with van der Waals surface area (Å²) in [5.74, 6) is 0. The molecule has 0 aliphatic carbocycles. The Morgan fingerprint density at radius 3 is 3.00 bits per heavy atom. The van der Waals surface area contributed by atoms with E-state index >= 15 is 0 Å². The van der Waals surface area contributed by atoms with Crippen molar-refractivity contribution >= 4 is 0 Å². The lowest BCUT2D eigenvalue weighted by Gasteiger charge is -1.97. The van der Waals surface area contributed by atoms with Gasteiger partial charge in [-0.2, -0.15) is 0 Å². The smallest absolute Gasteiger partial charge is 0.128 e. The molecular weight excluding hydrogens is 168 g/mol. The zero-order chi connectivity index (χ0) is 9.10. The van der Waals surface area contributed by atoms with E-state index in [1.54, 1.807) is 12.5 Å². The van der Waals surface area contributed by atoms with E-state index in [0.717, 1.165) is 17.7 Å². The maximum atomic E-state index is 8.83. The molecule has 0 aromatic carbocycles. The summed E-state index contributed by atoms with van der Waals surface area (Å²) in [6, 6.07) is 1.88. The third-order valence-electron chi connectivity index (χ3n) is 1.84. The Hall–Kier alpha value is -1.55. The van der Waals surface area contributed by atoms with Crippen LogP contribution in [0.25, 0.3) is 0 Å². The standard InChI is InChI=1S/C9H10N2O2/c12-6-8-1-2-11(4-8)5-9-3-10-13-7-9/h1-4,7,12H,5-6H2. The second kappa shape index (κ2) is 3.45. The quantitative estimate of drug-likeness (QED) is 0.763. The Morgan fingerprint density at radius 2 is 2.38 bits per heavy atom. The Bertz CT molecular complexity index is 365. The van der Waals surface area contributed by atoms with Crippen LogP contribution in [0, 0.1) is 0 Å². The molecule has 2 aromatic heterocycles. The minimum Gasteiger partial charge on any atom is -0.392 e. The molecule has 0 spiro atoms. The van der Waals surface area contributed by atoms with Crippen LogP contribution < -0.4 is 0 Å². The second-order valence-electron chi connectivity index (χ2n) is 2.88. The lowest BCUT2D eigenvalue weighted by Crippen LogP contribution is -1.94. The van der Waals surface area contributed by atoms with E-state index in [4.69, 9.17) is 9.63 Å². The van der Waals surface area contributed by atoms with Crippen molar-refractivity contribution in [3.05, 3.63) is 42.0 Å². The SMILES string of the molecule is OCc1ccn(Cc2cnoc2)c1. The van der Waals surface area contributed by atoms with Crippen molar-refractivity contribution in [2.75, 3.05) is 0 Å². The van der Waals surface area contributed by atoms with Crippen LogP contribution in [0.2, 0.25) is 0 Å². The first-order valence-corrected chi connectivity index (χ1v) is 4.02. The summed E-state index contributed by atoms with van der Waals surface area (Å²) in [6.07, 6.45) is 7.10. The van der Waals surface area contributed by atoms with Crippen LogP contribution in [-0.2, 0) is 13.2 Å². The van der Waals surface area contributed by atoms with Gasteiger partial charge in [0.25, 0.3) is 0 Å². The van der Waals surface area contributed by atoms with Crippen molar-refractivity contribution < 1.29 is 9.63 Å². The van der Waals surface area contributed by atoms with Gasteiger partial charge in [0.1, 0.15) is 6.26 Å². The van der Waals surface area contributed by atoms with Crippen molar-refractivity contribution in [3.8, 4) is 0 Å². The van der Waals surface area contributed by atoms with Gasteiger partial charge in [-0.3, -0.25) is 0 Å². The van der Waals surface area contributed by atoms with Gasteiger partial charge in [0, 0.05) is 18.0 Å². The number of hydrogen-bond acceptors (Lipinski definition) is 3. The van der Waals surface area contributed by atoms with Gasteiger partial charge in [-0.1, -0.05) is 5.16 Å². The molecule has 0 aliphatic heterocycles. The molecule has 0 saturated heterocycles. The Kier molecular flexibility index (Phi) is 2.14. The molecule has 0 saturated carbocycles. The Morgan fingerprint density at radius 1 is 1.46 bits per heavy atom. The first-order chi connectivity index (χ1) is 6.38. The summed E-state index contributed by atoms with van der Waals surface area (Å²) in [5, 5.41) is 12.4. The first-order valence-electron chi connectivity index (χ1n) is 4.02. The third-order valence-corrected chi connectivity index (χ3v) is 1.84. The van der Waals surface area contributed by atoms with Gasteiger partial charge in [-0.25, -0.2) is 0 Å². The summed E-state index contributed by atoms with van der Waals surface area (Å²) < 4.78 is 6.68. The molecule has 2 rings (SSSR count). The normalized spacial score (nSPS) is 10.5. The van der Waals surface area contributed by atoms with Crippen LogP contribution in [-0.4, -0.2) is 14.8 Å². The molecule has 68 valence electrons. The maximum absolute atomic E-state index is 8.83. The summed E-state index contributed by atoms with van der Waals surface area (Å²) in [6.45, 7) is 0.806. The summed E-state index contributed by atoms with van der Waals surface area (Å²) in [4.78, 5) is 0. The molecule has 0 atom stereocenters. The Labute approximate surface area is 75.4 Å². The van der Waals surface area contributed by atoms with E-state index in [9.17, 15) is 0 Å². The number of aliphatic hydroxyl groups excluding tert-OH is 1. The van der Waals surface area contributed by atoms with Gasteiger partial charge in [-0.15, -0.1) is 0 Å². The van der Waals surface area contributed by atoms with Gasteiger partial charge in [0.15, 0.2) is 0 Å². The van der Waals surface area contributed by atoms with Crippen molar-refractivity contribution in [1.82, 2.24) is 9.72 Å². The molecule has 13 heavy (non-hydrogen) atoms. The van der Waals surface area contributed by atoms with Gasteiger partial charge in [0.2, 0.25) is 0 Å². The molecule has 0 radical (unpaired) electrons. The number of nitrogens with zero attached hydrogens (tertiary/aromatic N) is 2. The van der Waals surface area contributed by atoms with Crippen LogP contribution in [0.15, 0.2) is 35.4 Å². The van der Waals surface area contributed by atoms with Crippen LogP contribution >= 0.6 is 0 Å². The minimum absolute atomic E-state index is 0.0800. The summed E-state index contributed by atoms with van der Waals surface area (Å²) in [7, 11) is 0. The zero-order valence-corrected chi connectivity index (χ0v) is 7.05. The van der Waals surface area contributed by atoms with Crippen molar-refractivity contribution in [2.24, 2.45) is 0 Å². The number of aliphatic hydroxyl groups is 1. The highest BCUT2D eigenvalue weighted by atomic mass is 16.5. The molecule has 0 unspecified atom stereocenters. The fraction of sp³-hybridized carbons (Fsp3) is 0.222. The number of aromatic nitrogens is 2. The van der Waals surface area contributed by atoms with E-state index in [-0.39, 0.29) is 6.61 Å². The molecule has 0 aliphatic rings. The lowest BCUT2D eigenvalue weighted by molar-refractivity contribution is 0.282. The largest absolute Gasteiger partial charge is 0.392 e. The minimum atomic E-state index is 0.0800. The summed E-state index contributed by atoms with van der Waals surface area (Å²) >= 11 is 0. The maximum Gasteiger partial charge on any atom is 0.128 e. The molecule has 2 heterocycles. The Balaban J connectivity index is 2.10. The molecule has 1 N–H and O–H groups in total. The fourth-order valence-electron chi connectivity index (χ4n) is 1.20. The molecule has 0 amide bonds. The van der Waals surface area contributed by atoms with Crippen LogP contribution in [0.3, 0.4) is 0 Å². The first kappa shape index (κ1) is 8.07. The van der Waals surface area contributed by atoms with E-state index in [0.29, 0.717) is 0 Å². The lowest BCUT2D eigenvalue weighted by atomic mass is 10.3. The fourth-order valence-corrected chi connectivity index (χ4v) is 1.20. The zero-order valence-electron chi connectivity index (χ0n) is 7.05. The van der Waals surface area contributed by atoms with Gasteiger partial charge in [0.05, 0.1) is 19.3 Å². The monoisotopic (exact) mass is 178 g/mol. The van der Waals surface area contributed by atoms with E-state index in [1.807, 2.05) is 23.0 Å². The second-order valence-corrected chi connectivity index (χ2v) is 2.88. The average Bonchev–Trinajstić information content (AvgIpc) is 2.76. The average molecular weight is 178 g/mol. The number of rotatable bonds is 3. The molecular formula is C9H10N2O2. The summed E-state index contributed by atoms with van der Waals surface area (Å²) in [5.41, 5.74) is 1.93. The molecule has 4 heteroatoms. The van der Waals surface area contributed by atoms with E-state index < -0.39 is 0 Å². The van der Waals surface area contributed by atoms with Gasteiger partial charge < -0.3 is 14.2 Å². The highest BCUT2D eigenvalue weighted by Crippen LogP contribution is 2.05. The number of hydrogen-bond donors (Lipinski definition) is 1. The molecule has 2 aromatic rings. The van der Waals surface area contributed by atoms with Crippen LogP contribution in [0.1, 0.15) is 11.1 Å². The highest BCUT2D eigenvalue weighted by molar-refractivity contribution is 5.11. The van der Waals surface area contributed by atoms with Gasteiger partial charge >= 0.3 is 0 Å². The van der Waals surface area contributed by atoms with E-state index in [2.05, 4.69) is 5.16 Å². The van der Waals surface area contributed by atoms with E-state index in [1.165, 1.54) is 0 Å². The third kappa shape index (κ3) is 1.78. The highest BCUT2D eigenvalue weighted by Gasteiger charge is 1.98. The van der Waals surface area contributed by atoms with Crippen LogP contribution in [0.5, 0.6) is 0 Å². The van der Waals surface area contributed by atoms with Crippen molar-refractivity contribution in [3.63, 3.8) is 0 Å². The van der Waals surface area contributed by atoms with Gasteiger partial charge in [-0.05, 0) is 11.6 Å².